The normalized spacial score (nSPS) is 12.9. The molecule has 0 spiro atoms. The molecule has 0 amide bonds. The van der Waals surface area contributed by atoms with E-state index in [0.717, 1.165) is 0 Å². The Morgan fingerprint density at radius 3 is 1.22 bits per heavy atom. The molecule has 0 nitrogen and oxygen atoms in total. The van der Waals surface area contributed by atoms with Crippen LogP contribution in [0.25, 0.3) is 28.9 Å². The van der Waals surface area contributed by atoms with E-state index in [1.165, 1.54) is 65.7 Å². The molecule has 4 aromatic rings. The first kappa shape index (κ1) is 24.2. The lowest BCUT2D eigenvalue weighted by atomic mass is 9.83. The van der Waals surface area contributed by atoms with Gasteiger partial charge in [-0.05, 0) is 74.9 Å². The van der Waals surface area contributed by atoms with Crippen LogP contribution in [0.2, 0.25) is 0 Å². The zero-order valence-corrected chi connectivity index (χ0v) is 24.0. The summed E-state index contributed by atoms with van der Waals surface area (Å²) in [6.07, 6.45) is 4.79. The van der Waals surface area contributed by atoms with Crippen LogP contribution in [0.1, 0.15) is 88.1 Å². The lowest BCUT2D eigenvalue weighted by Crippen LogP contribution is -2.17. The summed E-state index contributed by atoms with van der Waals surface area (Å²) in [5.41, 5.74) is 3.47. The molecule has 0 saturated heterocycles. The SMILES string of the molecule is CCC(C)(CC)c1cc(C)c(-c2cc3sc(-c4sc(C(C)(CC)CC)cc4C)cc3s2)s1. The Morgan fingerprint density at radius 2 is 0.906 bits per heavy atom. The van der Waals surface area contributed by atoms with Crippen molar-refractivity contribution in [3.8, 4) is 19.5 Å². The molecule has 0 fully saturated rings. The second kappa shape index (κ2) is 9.02. The highest BCUT2D eigenvalue weighted by Gasteiger charge is 2.27. The summed E-state index contributed by atoms with van der Waals surface area (Å²) in [4.78, 5) is 8.91. The average Bonchev–Trinajstić information content (AvgIpc) is 3.54. The molecule has 0 aromatic carbocycles. The molecule has 4 rings (SSSR count). The van der Waals surface area contributed by atoms with Gasteiger partial charge >= 0.3 is 0 Å². The Labute approximate surface area is 210 Å². The molecule has 4 aromatic heterocycles. The van der Waals surface area contributed by atoms with Crippen molar-refractivity contribution in [2.75, 3.05) is 0 Å². The Kier molecular flexibility index (Phi) is 6.82. The van der Waals surface area contributed by atoms with Gasteiger partial charge in [0.2, 0.25) is 0 Å². The van der Waals surface area contributed by atoms with Crippen molar-refractivity contribution in [3.63, 3.8) is 0 Å². The molecule has 0 bridgehead atoms. The molecule has 32 heavy (non-hydrogen) atoms. The standard InChI is InChI=1S/C28H36S4/c1-9-27(7,10-2)23-13-17(5)25(31-23)21-15-19-20(29-21)16-22(30-19)26-18(6)14-24(32-26)28(8,11-3)12-4/h13-16H,9-12H2,1-8H3. The molecule has 4 heteroatoms. The number of rotatable bonds is 8. The maximum atomic E-state index is 2.45. The zero-order valence-electron chi connectivity index (χ0n) is 20.8. The number of aryl methyl sites for hydroxylation is 2. The maximum absolute atomic E-state index is 2.45. The van der Waals surface area contributed by atoms with Crippen molar-refractivity contribution in [2.45, 2.75) is 91.9 Å². The van der Waals surface area contributed by atoms with Crippen molar-refractivity contribution in [1.82, 2.24) is 0 Å². The highest BCUT2D eigenvalue weighted by molar-refractivity contribution is 7.33. The Hall–Kier alpha value is -0.940. The van der Waals surface area contributed by atoms with Crippen molar-refractivity contribution in [1.29, 1.82) is 0 Å². The first-order valence-electron chi connectivity index (χ1n) is 11.9. The van der Waals surface area contributed by atoms with E-state index in [1.807, 2.05) is 45.3 Å². The van der Waals surface area contributed by atoms with Crippen LogP contribution in [-0.2, 0) is 10.8 Å². The third kappa shape index (κ3) is 4.06. The monoisotopic (exact) mass is 500 g/mol. The van der Waals surface area contributed by atoms with Crippen LogP contribution < -0.4 is 0 Å². The molecule has 4 heterocycles. The molecule has 0 aliphatic carbocycles. The molecular formula is C28H36S4. The fourth-order valence-corrected chi connectivity index (χ4v) is 9.95. The molecule has 0 aliphatic rings. The number of thiophene rings is 4. The Balaban J connectivity index is 1.69. The quantitative estimate of drug-likeness (QED) is 0.226. The highest BCUT2D eigenvalue weighted by atomic mass is 32.1. The van der Waals surface area contributed by atoms with Crippen LogP contribution in [0, 0.1) is 13.8 Å². The number of hydrogen-bond acceptors (Lipinski definition) is 4. The first-order chi connectivity index (χ1) is 15.2. The molecular weight excluding hydrogens is 465 g/mol. The van der Waals surface area contributed by atoms with Crippen LogP contribution >= 0.6 is 45.3 Å². The fraction of sp³-hybridized carbons (Fsp3) is 0.500. The third-order valence-corrected chi connectivity index (χ3v) is 13.5. The maximum Gasteiger partial charge on any atom is 0.0475 e. The number of hydrogen-bond donors (Lipinski definition) is 0. The van der Waals surface area contributed by atoms with Gasteiger partial charge in [-0.2, -0.15) is 0 Å². The molecule has 0 saturated carbocycles. The van der Waals surface area contributed by atoms with E-state index < -0.39 is 0 Å². The topological polar surface area (TPSA) is 0 Å². The number of fused-ring (bicyclic) bond motifs is 1. The van der Waals surface area contributed by atoms with Gasteiger partial charge in [0.1, 0.15) is 0 Å². The predicted molar refractivity (Wildman–Crippen MR) is 152 cm³/mol. The van der Waals surface area contributed by atoms with Crippen LogP contribution in [0.4, 0.5) is 0 Å². The summed E-state index contributed by atoms with van der Waals surface area (Å²) in [6, 6.07) is 9.78. The minimum atomic E-state index is 0.301. The minimum absolute atomic E-state index is 0.301. The lowest BCUT2D eigenvalue weighted by molar-refractivity contribution is 0.448. The van der Waals surface area contributed by atoms with E-state index in [9.17, 15) is 0 Å². The van der Waals surface area contributed by atoms with Crippen molar-refractivity contribution < 1.29 is 0 Å². The highest BCUT2D eigenvalue weighted by Crippen LogP contribution is 2.49. The zero-order chi connectivity index (χ0) is 23.3. The predicted octanol–water partition coefficient (Wildman–Crippen LogP) is 11.2. The van der Waals surface area contributed by atoms with Crippen LogP contribution in [0.15, 0.2) is 24.3 Å². The Morgan fingerprint density at radius 1 is 0.562 bits per heavy atom. The van der Waals surface area contributed by atoms with E-state index >= 15 is 0 Å². The smallest absolute Gasteiger partial charge is 0.0475 e. The van der Waals surface area contributed by atoms with Crippen LogP contribution in [-0.4, -0.2) is 0 Å². The molecule has 0 unspecified atom stereocenters. The van der Waals surface area contributed by atoms with Crippen LogP contribution in [0.3, 0.4) is 0 Å². The van der Waals surface area contributed by atoms with Crippen molar-refractivity contribution in [3.05, 3.63) is 45.1 Å². The summed E-state index contributed by atoms with van der Waals surface area (Å²) in [6.45, 7) is 18.7. The van der Waals surface area contributed by atoms with Gasteiger partial charge in [-0.15, -0.1) is 45.3 Å². The van der Waals surface area contributed by atoms with Crippen molar-refractivity contribution >= 4 is 54.7 Å². The van der Waals surface area contributed by atoms with Gasteiger partial charge in [-0.25, -0.2) is 0 Å². The second-order valence-electron chi connectivity index (χ2n) is 9.73. The summed E-state index contributed by atoms with van der Waals surface area (Å²) in [5, 5.41) is 0. The molecule has 0 radical (unpaired) electrons. The van der Waals surface area contributed by atoms with E-state index in [2.05, 4.69) is 79.7 Å². The first-order valence-corrected chi connectivity index (χ1v) is 15.2. The van der Waals surface area contributed by atoms with Gasteiger partial charge in [-0.3, -0.25) is 0 Å². The largest absolute Gasteiger partial charge is 0.139 e. The van der Waals surface area contributed by atoms with Gasteiger partial charge < -0.3 is 0 Å². The third-order valence-electron chi connectivity index (χ3n) is 7.80. The van der Waals surface area contributed by atoms with Crippen molar-refractivity contribution in [2.24, 2.45) is 0 Å². The van der Waals surface area contributed by atoms with Gasteiger partial charge in [-0.1, -0.05) is 41.5 Å². The summed E-state index contributed by atoms with van der Waals surface area (Å²) >= 11 is 7.98. The Bertz CT molecular complexity index is 1090. The summed E-state index contributed by atoms with van der Waals surface area (Å²) < 4.78 is 2.87. The molecule has 0 N–H and O–H groups in total. The molecule has 0 atom stereocenters. The fourth-order valence-electron chi connectivity index (χ4n) is 4.30. The average molecular weight is 501 g/mol. The lowest BCUT2D eigenvalue weighted by Gasteiger charge is -2.25. The van der Waals surface area contributed by atoms with E-state index in [4.69, 9.17) is 0 Å². The van der Waals surface area contributed by atoms with Gasteiger partial charge in [0.05, 0.1) is 0 Å². The van der Waals surface area contributed by atoms with E-state index in [1.54, 1.807) is 9.75 Å². The van der Waals surface area contributed by atoms with Gasteiger partial charge in [0, 0.05) is 49.5 Å². The van der Waals surface area contributed by atoms with E-state index in [-0.39, 0.29) is 0 Å². The molecule has 0 aliphatic heterocycles. The molecule has 172 valence electrons. The minimum Gasteiger partial charge on any atom is -0.139 e. The summed E-state index contributed by atoms with van der Waals surface area (Å²) in [7, 11) is 0. The van der Waals surface area contributed by atoms with E-state index in [0.29, 0.717) is 10.8 Å². The van der Waals surface area contributed by atoms with Crippen LogP contribution in [0.5, 0.6) is 0 Å². The van der Waals surface area contributed by atoms with Gasteiger partial charge in [0.15, 0.2) is 0 Å². The summed E-state index contributed by atoms with van der Waals surface area (Å²) in [5.74, 6) is 0. The second-order valence-corrected chi connectivity index (χ2v) is 14.0. The van der Waals surface area contributed by atoms with Gasteiger partial charge in [0.25, 0.3) is 0 Å².